The second-order valence-corrected chi connectivity index (χ2v) is 4.58. The van der Waals surface area contributed by atoms with Gasteiger partial charge in [0.15, 0.2) is 5.82 Å². The molecule has 0 aliphatic heterocycles. The van der Waals surface area contributed by atoms with Gasteiger partial charge in [-0.1, -0.05) is 34.8 Å². The van der Waals surface area contributed by atoms with Gasteiger partial charge in [0.05, 0.1) is 15.6 Å². The van der Waals surface area contributed by atoms with E-state index in [-0.39, 0.29) is 5.02 Å². The largest absolute Gasteiger partial charge is 0.339 e. The molecular weight excluding hydrogens is 293 g/mol. The Labute approximate surface area is 119 Å². The Bertz CT molecular complexity index is 635. The first-order valence-corrected chi connectivity index (χ1v) is 6.02. The van der Waals surface area contributed by atoms with Crippen LogP contribution in [0.5, 0.6) is 0 Å². The molecule has 0 aliphatic rings. The average molecular weight is 299 g/mol. The standard InChI is InChI=1S/C12H6Cl3N3/c13-9-2-1-8(5-10(9)14)18-12-11(15)7(6-16)3-4-17-12/h1-5H,(H,17,18). The van der Waals surface area contributed by atoms with Gasteiger partial charge in [-0.3, -0.25) is 0 Å². The third-order valence-corrected chi connectivity index (χ3v) is 3.31. The van der Waals surface area contributed by atoms with Gasteiger partial charge in [-0.2, -0.15) is 5.26 Å². The van der Waals surface area contributed by atoms with Gasteiger partial charge in [0, 0.05) is 11.9 Å². The van der Waals surface area contributed by atoms with Crippen LogP contribution in [0.2, 0.25) is 15.1 Å². The second-order valence-electron chi connectivity index (χ2n) is 3.39. The molecule has 18 heavy (non-hydrogen) atoms. The Morgan fingerprint density at radius 2 is 1.89 bits per heavy atom. The summed E-state index contributed by atoms with van der Waals surface area (Å²) in [6.07, 6.45) is 1.50. The van der Waals surface area contributed by atoms with Crippen LogP contribution in [0.1, 0.15) is 5.56 Å². The fourth-order valence-electron chi connectivity index (χ4n) is 1.33. The highest BCUT2D eigenvalue weighted by molar-refractivity contribution is 6.42. The number of hydrogen-bond acceptors (Lipinski definition) is 3. The van der Waals surface area contributed by atoms with Crippen molar-refractivity contribution < 1.29 is 0 Å². The van der Waals surface area contributed by atoms with Gasteiger partial charge in [-0.05, 0) is 24.3 Å². The van der Waals surface area contributed by atoms with Crippen LogP contribution < -0.4 is 5.32 Å². The summed E-state index contributed by atoms with van der Waals surface area (Å²) >= 11 is 17.7. The Morgan fingerprint density at radius 3 is 2.56 bits per heavy atom. The van der Waals surface area contributed by atoms with Gasteiger partial charge >= 0.3 is 0 Å². The number of aromatic nitrogens is 1. The number of rotatable bonds is 2. The number of pyridine rings is 1. The molecule has 1 aromatic heterocycles. The van der Waals surface area contributed by atoms with Crippen LogP contribution >= 0.6 is 34.8 Å². The van der Waals surface area contributed by atoms with E-state index in [2.05, 4.69) is 10.3 Å². The van der Waals surface area contributed by atoms with Crippen LogP contribution in [-0.2, 0) is 0 Å². The van der Waals surface area contributed by atoms with Gasteiger partial charge in [-0.15, -0.1) is 0 Å². The predicted molar refractivity (Wildman–Crippen MR) is 73.7 cm³/mol. The predicted octanol–water partition coefficient (Wildman–Crippen LogP) is 4.66. The first kappa shape index (κ1) is 13.0. The van der Waals surface area contributed by atoms with E-state index in [0.29, 0.717) is 27.1 Å². The van der Waals surface area contributed by atoms with Crippen molar-refractivity contribution in [1.82, 2.24) is 4.98 Å². The van der Waals surface area contributed by atoms with Gasteiger partial charge in [-0.25, -0.2) is 4.98 Å². The van der Waals surface area contributed by atoms with E-state index in [1.165, 1.54) is 6.20 Å². The zero-order valence-corrected chi connectivity index (χ0v) is 11.2. The van der Waals surface area contributed by atoms with Crippen molar-refractivity contribution in [3.8, 4) is 6.07 Å². The molecule has 1 heterocycles. The lowest BCUT2D eigenvalue weighted by Gasteiger charge is -2.08. The van der Waals surface area contributed by atoms with Crippen molar-refractivity contribution in [2.24, 2.45) is 0 Å². The Balaban J connectivity index is 2.35. The summed E-state index contributed by atoms with van der Waals surface area (Å²) < 4.78 is 0. The van der Waals surface area contributed by atoms with E-state index in [1.807, 2.05) is 6.07 Å². The maximum atomic E-state index is 8.86. The second kappa shape index (κ2) is 5.45. The number of anilines is 2. The van der Waals surface area contributed by atoms with Crippen molar-refractivity contribution >= 4 is 46.3 Å². The van der Waals surface area contributed by atoms with E-state index in [0.717, 1.165) is 0 Å². The molecule has 0 saturated heterocycles. The molecular formula is C12H6Cl3N3. The zero-order valence-electron chi connectivity index (χ0n) is 8.92. The van der Waals surface area contributed by atoms with Crippen molar-refractivity contribution in [2.75, 3.05) is 5.32 Å². The van der Waals surface area contributed by atoms with E-state index >= 15 is 0 Å². The molecule has 1 aromatic carbocycles. The molecule has 0 fully saturated rings. The smallest absolute Gasteiger partial charge is 0.150 e. The zero-order chi connectivity index (χ0) is 13.1. The number of nitrogens with one attached hydrogen (secondary N) is 1. The van der Waals surface area contributed by atoms with Crippen LogP contribution in [-0.4, -0.2) is 4.98 Å². The summed E-state index contributed by atoms with van der Waals surface area (Å²) in [5, 5.41) is 13.0. The number of hydrogen-bond donors (Lipinski definition) is 1. The molecule has 90 valence electrons. The van der Waals surface area contributed by atoms with E-state index in [9.17, 15) is 0 Å². The van der Waals surface area contributed by atoms with Crippen molar-refractivity contribution in [2.45, 2.75) is 0 Å². The monoisotopic (exact) mass is 297 g/mol. The van der Waals surface area contributed by atoms with Gasteiger partial charge in [0.1, 0.15) is 11.1 Å². The first-order valence-electron chi connectivity index (χ1n) is 4.88. The van der Waals surface area contributed by atoms with Gasteiger partial charge in [0.25, 0.3) is 0 Å². The number of nitriles is 1. The SMILES string of the molecule is N#Cc1ccnc(Nc2ccc(Cl)c(Cl)c2)c1Cl. The summed E-state index contributed by atoms with van der Waals surface area (Å²) in [4.78, 5) is 4.06. The van der Waals surface area contributed by atoms with E-state index < -0.39 is 0 Å². The van der Waals surface area contributed by atoms with Crippen molar-refractivity contribution in [1.29, 1.82) is 5.26 Å². The highest BCUT2D eigenvalue weighted by atomic mass is 35.5. The molecule has 0 radical (unpaired) electrons. The number of halogens is 3. The van der Waals surface area contributed by atoms with Crippen molar-refractivity contribution in [3.63, 3.8) is 0 Å². The molecule has 0 saturated carbocycles. The highest BCUT2D eigenvalue weighted by Crippen LogP contribution is 2.29. The fraction of sp³-hybridized carbons (Fsp3) is 0. The minimum atomic E-state index is 0.270. The lowest BCUT2D eigenvalue weighted by Crippen LogP contribution is -1.95. The minimum Gasteiger partial charge on any atom is -0.339 e. The summed E-state index contributed by atoms with van der Waals surface area (Å²) in [6.45, 7) is 0. The van der Waals surface area contributed by atoms with Gasteiger partial charge in [0.2, 0.25) is 0 Å². The lowest BCUT2D eigenvalue weighted by atomic mass is 10.2. The molecule has 0 atom stereocenters. The van der Waals surface area contributed by atoms with Crippen LogP contribution in [0.4, 0.5) is 11.5 Å². The maximum Gasteiger partial charge on any atom is 0.150 e. The molecule has 2 rings (SSSR count). The quantitative estimate of drug-likeness (QED) is 0.877. The maximum absolute atomic E-state index is 8.86. The minimum absolute atomic E-state index is 0.270. The molecule has 0 aliphatic carbocycles. The van der Waals surface area contributed by atoms with Crippen LogP contribution in [0, 0.1) is 11.3 Å². The molecule has 1 N–H and O–H groups in total. The molecule has 3 nitrogen and oxygen atoms in total. The van der Waals surface area contributed by atoms with Crippen LogP contribution in [0.3, 0.4) is 0 Å². The Kier molecular flexibility index (Phi) is 3.93. The number of nitrogens with zero attached hydrogens (tertiary/aromatic N) is 2. The summed E-state index contributed by atoms with van der Waals surface area (Å²) in [5.41, 5.74) is 1.04. The average Bonchev–Trinajstić information content (AvgIpc) is 2.36. The molecule has 0 spiro atoms. The topological polar surface area (TPSA) is 48.7 Å². The molecule has 2 aromatic rings. The van der Waals surface area contributed by atoms with Crippen LogP contribution in [0.25, 0.3) is 0 Å². The molecule has 0 amide bonds. The first-order chi connectivity index (χ1) is 8.61. The highest BCUT2D eigenvalue weighted by Gasteiger charge is 2.08. The van der Waals surface area contributed by atoms with Gasteiger partial charge < -0.3 is 5.32 Å². The fourth-order valence-corrected chi connectivity index (χ4v) is 1.83. The van der Waals surface area contributed by atoms with Crippen molar-refractivity contribution in [3.05, 3.63) is 51.1 Å². The van der Waals surface area contributed by atoms with E-state index in [4.69, 9.17) is 40.1 Å². The Morgan fingerprint density at radius 1 is 1.11 bits per heavy atom. The summed E-state index contributed by atoms with van der Waals surface area (Å²) in [7, 11) is 0. The summed E-state index contributed by atoms with van der Waals surface area (Å²) in [5.74, 6) is 0.397. The Hall–Kier alpha value is -1.47. The summed E-state index contributed by atoms with van der Waals surface area (Å²) in [6, 6.07) is 8.58. The molecule has 0 bridgehead atoms. The molecule has 0 unspecified atom stereocenters. The molecule has 6 heteroatoms. The normalized spacial score (nSPS) is 9.89. The third-order valence-electron chi connectivity index (χ3n) is 2.19. The number of benzene rings is 1. The van der Waals surface area contributed by atoms with E-state index in [1.54, 1.807) is 24.3 Å². The van der Waals surface area contributed by atoms with Crippen LogP contribution in [0.15, 0.2) is 30.5 Å². The lowest BCUT2D eigenvalue weighted by molar-refractivity contribution is 1.29. The third kappa shape index (κ3) is 2.68.